The Hall–Kier alpha value is -0.0900. The number of sulfone groups is 1. The molecule has 0 spiro atoms. The maximum atomic E-state index is 11.8. The first-order valence-corrected chi connectivity index (χ1v) is 9.37. The van der Waals surface area contributed by atoms with Crippen LogP contribution in [0.2, 0.25) is 0 Å². The minimum absolute atomic E-state index is 0.0904. The first kappa shape index (κ1) is 14.3. The summed E-state index contributed by atoms with van der Waals surface area (Å²) < 4.78 is 23.6. The molecule has 2 rings (SSSR count). The molecular formula is C14H27NO2S. The summed E-state index contributed by atoms with van der Waals surface area (Å²) in [4.78, 5) is 0. The molecule has 0 bridgehead atoms. The molecule has 18 heavy (non-hydrogen) atoms. The van der Waals surface area contributed by atoms with Crippen LogP contribution in [0.3, 0.4) is 0 Å². The summed E-state index contributed by atoms with van der Waals surface area (Å²) in [7, 11) is -2.86. The van der Waals surface area contributed by atoms with Crippen molar-refractivity contribution in [2.45, 2.75) is 69.1 Å². The Balaban J connectivity index is 2.11. The third-order valence-corrected chi connectivity index (χ3v) is 6.63. The van der Waals surface area contributed by atoms with Crippen LogP contribution in [0.25, 0.3) is 0 Å². The molecule has 2 fully saturated rings. The molecule has 3 nitrogen and oxygen atoms in total. The fraction of sp³-hybridized carbons (Fsp3) is 1.00. The van der Waals surface area contributed by atoms with Crippen molar-refractivity contribution in [3.05, 3.63) is 0 Å². The number of hydrogen-bond donors (Lipinski definition) is 1. The minimum Gasteiger partial charge on any atom is -0.311 e. The highest BCUT2D eigenvalue weighted by Crippen LogP contribution is 2.42. The van der Waals surface area contributed by atoms with Crippen LogP contribution in [0, 0.1) is 5.92 Å². The van der Waals surface area contributed by atoms with Gasteiger partial charge < -0.3 is 5.32 Å². The third-order valence-electron chi connectivity index (χ3n) is 4.99. The van der Waals surface area contributed by atoms with E-state index in [-0.39, 0.29) is 10.8 Å². The highest BCUT2D eigenvalue weighted by atomic mass is 32.2. The molecule has 1 saturated heterocycles. The normalized spacial score (nSPS) is 37.9. The molecule has 0 aromatic heterocycles. The van der Waals surface area contributed by atoms with Crippen LogP contribution >= 0.6 is 0 Å². The molecule has 0 aromatic rings. The Morgan fingerprint density at radius 3 is 2.61 bits per heavy atom. The maximum Gasteiger partial charge on any atom is 0.150 e. The molecule has 1 aliphatic heterocycles. The van der Waals surface area contributed by atoms with E-state index in [9.17, 15) is 8.42 Å². The van der Waals surface area contributed by atoms with E-state index < -0.39 is 9.84 Å². The van der Waals surface area contributed by atoms with Gasteiger partial charge in [-0.2, -0.15) is 0 Å². The quantitative estimate of drug-likeness (QED) is 0.856. The summed E-state index contributed by atoms with van der Waals surface area (Å²) in [5, 5.41) is 3.63. The van der Waals surface area contributed by atoms with Crippen molar-refractivity contribution in [2.75, 3.05) is 12.8 Å². The van der Waals surface area contributed by atoms with Gasteiger partial charge in [0.1, 0.15) is 9.84 Å². The second-order valence-electron chi connectivity index (χ2n) is 6.25. The molecule has 106 valence electrons. The van der Waals surface area contributed by atoms with E-state index >= 15 is 0 Å². The second-order valence-corrected chi connectivity index (χ2v) is 8.58. The molecule has 2 aliphatic rings. The molecule has 3 unspecified atom stereocenters. The predicted octanol–water partition coefficient (Wildman–Crippen LogP) is 2.51. The van der Waals surface area contributed by atoms with Crippen LogP contribution in [-0.2, 0) is 9.84 Å². The minimum atomic E-state index is -2.86. The molecule has 4 heteroatoms. The van der Waals surface area contributed by atoms with Gasteiger partial charge >= 0.3 is 0 Å². The Morgan fingerprint density at radius 2 is 2.06 bits per heavy atom. The van der Waals surface area contributed by atoms with Gasteiger partial charge in [0, 0.05) is 11.8 Å². The average Bonchev–Trinajstić information content (AvgIpc) is 2.79. The largest absolute Gasteiger partial charge is 0.311 e. The van der Waals surface area contributed by atoms with E-state index in [1.165, 1.54) is 38.4 Å². The summed E-state index contributed by atoms with van der Waals surface area (Å²) in [5.41, 5.74) is 0.248. The van der Waals surface area contributed by atoms with E-state index in [2.05, 4.69) is 12.2 Å². The Kier molecular flexibility index (Phi) is 4.37. The third kappa shape index (κ3) is 2.90. The lowest BCUT2D eigenvalue weighted by molar-refractivity contribution is 0.169. The lowest BCUT2D eigenvalue weighted by atomic mass is 9.71. The smallest absolute Gasteiger partial charge is 0.150 e. The molecule has 1 N–H and O–H groups in total. The molecule has 0 radical (unpaired) electrons. The van der Waals surface area contributed by atoms with E-state index in [1.54, 1.807) is 0 Å². The van der Waals surface area contributed by atoms with Crippen molar-refractivity contribution in [2.24, 2.45) is 5.92 Å². The fourth-order valence-electron chi connectivity index (χ4n) is 4.08. The topological polar surface area (TPSA) is 46.2 Å². The summed E-state index contributed by atoms with van der Waals surface area (Å²) in [5.74, 6) is 0.563. The molecule has 3 atom stereocenters. The van der Waals surface area contributed by atoms with Crippen molar-refractivity contribution in [3.8, 4) is 0 Å². The molecule has 0 aromatic carbocycles. The lowest BCUT2D eigenvalue weighted by Crippen LogP contribution is -2.49. The molecule has 1 saturated carbocycles. The van der Waals surface area contributed by atoms with Crippen LogP contribution < -0.4 is 5.32 Å². The SMILES string of the molecule is CCCC1(C2CCCC(S(C)(=O)=O)C2)CCCN1. The molecule has 1 heterocycles. The monoisotopic (exact) mass is 273 g/mol. The highest BCUT2D eigenvalue weighted by Gasteiger charge is 2.43. The van der Waals surface area contributed by atoms with Crippen molar-refractivity contribution < 1.29 is 8.42 Å². The fourth-order valence-corrected chi connectivity index (χ4v) is 5.25. The second kappa shape index (κ2) is 5.49. The van der Waals surface area contributed by atoms with Crippen molar-refractivity contribution in [1.29, 1.82) is 0 Å². The van der Waals surface area contributed by atoms with Gasteiger partial charge in [-0.15, -0.1) is 0 Å². The Morgan fingerprint density at radius 1 is 1.28 bits per heavy atom. The zero-order valence-electron chi connectivity index (χ0n) is 11.7. The van der Waals surface area contributed by atoms with Gasteiger partial charge in [0.2, 0.25) is 0 Å². The van der Waals surface area contributed by atoms with Gasteiger partial charge in [-0.3, -0.25) is 0 Å². The van der Waals surface area contributed by atoms with Crippen LogP contribution in [0.4, 0.5) is 0 Å². The maximum absolute atomic E-state index is 11.8. The predicted molar refractivity (Wildman–Crippen MR) is 75.5 cm³/mol. The van der Waals surface area contributed by atoms with E-state index in [1.807, 2.05) is 0 Å². The Bertz CT molecular complexity index is 371. The van der Waals surface area contributed by atoms with E-state index in [0.29, 0.717) is 5.92 Å². The summed E-state index contributed by atoms with van der Waals surface area (Å²) >= 11 is 0. The van der Waals surface area contributed by atoms with Crippen LogP contribution in [0.5, 0.6) is 0 Å². The van der Waals surface area contributed by atoms with Crippen LogP contribution in [-0.4, -0.2) is 32.0 Å². The molecule has 0 amide bonds. The number of nitrogens with one attached hydrogen (secondary N) is 1. The van der Waals surface area contributed by atoms with Crippen molar-refractivity contribution in [1.82, 2.24) is 5.32 Å². The molecular weight excluding hydrogens is 246 g/mol. The number of hydrogen-bond acceptors (Lipinski definition) is 3. The highest BCUT2D eigenvalue weighted by molar-refractivity contribution is 7.91. The standard InChI is InChI=1S/C14H27NO2S/c1-3-8-14(9-5-10-15-14)12-6-4-7-13(11-12)18(2,16)17/h12-13,15H,3-11H2,1-2H3. The van der Waals surface area contributed by atoms with Crippen LogP contribution in [0.15, 0.2) is 0 Å². The first-order valence-electron chi connectivity index (χ1n) is 7.42. The number of rotatable bonds is 4. The summed E-state index contributed by atoms with van der Waals surface area (Å²) in [6.07, 6.45) is 10.3. The zero-order chi connectivity index (χ0) is 13.2. The first-order chi connectivity index (χ1) is 8.48. The Labute approximate surface area is 112 Å². The van der Waals surface area contributed by atoms with Gasteiger partial charge in [-0.1, -0.05) is 19.8 Å². The van der Waals surface area contributed by atoms with Gasteiger partial charge in [0.15, 0.2) is 0 Å². The van der Waals surface area contributed by atoms with E-state index in [4.69, 9.17) is 0 Å². The van der Waals surface area contributed by atoms with Gasteiger partial charge in [0.25, 0.3) is 0 Å². The average molecular weight is 273 g/mol. The lowest BCUT2D eigenvalue weighted by Gasteiger charge is -2.42. The van der Waals surface area contributed by atoms with Crippen molar-refractivity contribution >= 4 is 9.84 Å². The zero-order valence-corrected chi connectivity index (χ0v) is 12.6. The summed E-state index contributed by atoms with van der Waals surface area (Å²) in [6, 6.07) is 0. The summed E-state index contributed by atoms with van der Waals surface area (Å²) in [6.45, 7) is 3.35. The van der Waals surface area contributed by atoms with Gasteiger partial charge in [0.05, 0.1) is 5.25 Å². The van der Waals surface area contributed by atoms with Crippen molar-refractivity contribution in [3.63, 3.8) is 0 Å². The van der Waals surface area contributed by atoms with Crippen LogP contribution in [0.1, 0.15) is 58.3 Å². The van der Waals surface area contributed by atoms with Gasteiger partial charge in [-0.25, -0.2) is 8.42 Å². The molecule has 1 aliphatic carbocycles. The van der Waals surface area contributed by atoms with E-state index in [0.717, 1.165) is 25.8 Å². The van der Waals surface area contributed by atoms with Gasteiger partial charge in [-0.05, 0) is 51.0 Å².